The molecule has 0 aliphatic rings. The number of anilines is 2. The summed E-state index contributed by atoms with van der Waals surface area (Å²) in [5.41, 5.74) is 3.65. The number of carbonyl (C=O) groups is 1. The lowest BCUT2D eigenvalue weighted by molar-refractivity contribution is 0.262. The van der Waals surface area contributed by atoms with Gasteiger partial charge in [-0.1, -0.05) is 29.8 Å². The molecule has 0 aliphatic carbocycles. The number of methoxy groups -OCH3 is 2. The van der Waals surface area contributed by atoms with Gasteiger partial charge in [-0.15, -0.1) is 0 Å². The maximum absolute atomic E-state index is 12.6. The van der Waals surface area contributed by atoms with E-state index in [0.717, 1.165) is 11.3 Å². The predicted octanol–water partition coefficient (Wildman–Crippen LogP) is 4.86. The van der Waals surface area contributed by atoms with E-state index in [1.54, 1.807) is 25.3 Å². The largest absolute Gasteiger partial charge is 0.497 e. The zero-order chi connectivity index (χ0) is 21.0. The monoisotopic (exact) mass is 414 g/mol. The Balaban J connectivity index is 1.78. The van der Waals surface area contributed by atoms with E-state index in [1.807, 2.05) is 42.8 Å². The number of nitrogens with one attached hydrogen (secondary N) is 2. The van der Waals surface area contributed by atoms with Crippen LogP contribution in [0.4, 0.5) is 16.2 Å². The molecule has 3 aromatic rings. The maximum atomic E-state index is 12.6. The van der Waals surface area contributed by atoms with Crippen LogP contribution in [0.2, 0.25) is 5.02 Å². The zero-order valence-electron chi connectivity index (χ0n) is 16.7. The molecule has 0 unspecified atom stereocenters. The Morgan fingerprint density at radius 1 is 1.10 bits per heavy atom. The average molecular weight is 415 g/mol. The Morgan fingerprint density at radius 2 is 1.86 bits per heavy atom. The fraction of sp³-hybridized carbons (Fsp3) is 0.238. The van der Waals surface area contributed by atoms with Crippen LogP contribution in [0.3, 0.4) is 0 Å². The average Bonchev–Trinajstić information content (AvgIpc) is 2.97. The number of benzene rings is 2. The van der Waals surface area contributed by atoms with Gasteiger partial charge < -0.3 is 20.1 Å². The minimum Gasteiger partial charge on any atom is -0.497 e. The van der Waals surface area contributed by atoms with E-state index in [9.17, 15) is 4.79 Å². The van der Waals surface area contributed by atoms with Crippen molar-refractivity contribution in [1.29, 1.82) is 0 Å². The molecule has 0 saturated carbocycles. The molecule has 0 bridgehead atoms. The highest BCUT2D eigenvalue weighted by atomic mass is 35.5. The molecule has 29 heavy (non-hydrogen) atoms. The van der Waals surface area contributed by atoms with Gasteiger partial charge in [0.2, 0.25) is 0 Å². The van der Waals surface area contributed by atoms with Gasteiger partial charge in [-0.2, -0.15) is 5.10 Å². The molecule has 2 amide bonds. The molecule has 2 N–H and O–H groups in total. The molecule has 0 saturated heterocycles. The molecule has 1 heterocycles. The van der Waals surface area contributed by atoms with E-state index in [1.165, 1.54) is 7.11 Å². The Labute approximate surface area is 174 Å². The number of ether oxygens (including phenoxy) is 2. The summed E-state index contributed by atoms with van der Waals surface area (Å²) in [5, 5.41) is 10.9. The number of hydrogen-bond acceptors (Lipinski definition) is 4. The molecule has 0 atom stereocenters. The van der Waals surface area contributed by atoms with Gasteiger partial charge in [-0.25, -0.2) is 4.79 Å². The van der Waals surface area contributed by atoms with Crippen molar-refractivity contribution in [2.45, 2.75) is 20.4 Å². The van der Waals surface area contributed by atoms with E-state index in [-0.39, 0.29) is 0 Å². The lowest BCUT2D eigenvalue weighted by Crippen LogP contribution is -2.20. The van der Waals surface area contributed by atoms with E-state index < -0.39 is 6.03 Å². The van der Waals surface area contributed by atoms with Gasteiger partial charge in [0, 0.05) is 11.1 Å². The standard InChI is InChI=1S/C21H23ClN4O3/c1-13-20(14(2)26(25-13)12-15-7-5-6-8-17(15)22)24-21(27)23-18-11-16(28-3)9-10-19(18)29-4/h5-11H,12H2,1-4H3,(H2,23,24,27). The summed E-state index contributed by atoms with van der Waals surface area (Å²) in [6, 6.07) is 12.4. The fourth-order valence-electron chi connectivity index (χ4n) is 3.00. The van der Waals surface area contributed by atoms with Crippen LogP contribution >= 0.6 is 11.6 Å². The summed E-state index contributed by atoms with van der Waals surface area (Å²) in [6.07, 6.45) is 0. The third kappa shape index (κ3) is 4.63. The van der Waals surface area contributed by atoms with Crippen LogP contribution in [-0.4, -0.2) is 30.0 Å². The first-order chi connectivity index (χ1) is 13.9. The number of carbonyl (C=O) groups excluding carboxylic acids is 1. The van der Waals surface area contributed by atoms with E-state index in [2.05, 4.69) is 15.7 Å². The number of halogens is 1. The second-order valence-electron chi connectivity index (χ2n) is 6.44. The molecule has 2 aromatic carbocycles. The minimum absolute atomic E-state index is 0.403. The first-order valence-electron chi connectivity index (χ1n) is 9.00. The third-order valence-corrected chi connectivity index (χ3v) is 4.92. The molecular weight excluding hydrogens is 392 g/mol. The molecule has 0 radical (unpaired) electrons. The molecular formula is C21H23ClN4O3. The van der Waals surface area contributed by atoms with Gasteiger partial charge in [-0.05, 0) is 37.6 Å². The van der Waals surface area contributed by atoms with Gasteiger partial charge in [0.05, 0.1) is 43.5 Å². The number of aryl methyl sites for hydroxylation is 1. The number of aromatic nitrogens is 2. The summed E-state index contributed by atoms with van der Waals surface area (Å²) in [7, 11) is 3.10. The quantitative estimate of drug-likeness (QED) is 0.603. The normalized spacial score (nSPS) is 10.5. The molecule has 1 aromatic heterocycles. The van der Waals surface area contributed by atoms with Crippen LogP contribution in [0, 0.1) is 13.8 Å². The number of hydrogen-bond donors (Lipinski definition) is 2. The molecule has 7 nitrogen and oxygen atoms in total. The topological polar surface area (TPSA) is 77.4 Å². The van der Waals surface area contributed by atoms with Crippen molar-refractivity contribution >= 4 is 29.0 Å². The highest BCUT2D eigenvalue weighted by molar-refractivity contribution is 6.31. The van der Waals surface area contributed by atoms with Gasteiger partial charge in [-0.3, -0.25) is 4.68 Å². The van der Waals surface area contributed by atoms with Crippen LogP contribution in [0.5, 0.6) is 11.5 Å². The second kappa shape index (κ2) is 8.87. The predicted molar refractivity (Wildman–Crippen MR) is 114 cm³/mol. The summed E-state index contributed by atoms with van der Waals surface area (Å²) in [6.45, 7) is 4.26. The van der Waals surface area contributed by atoms with Crippen molar-refractivity contribution < 1.29 is 14.3 Å². The van der Waals surface area contributed by atoms with Crippen molar-refractivity contribution in [3.8, 4) is 11.5 Å². The smallest absolute Gasteiger partial charge is 0.323 e. The first-order valence-corrected chi connectivity index (χ1v) is 9.38. The van der Waals surface area contributed by atoms with Crippen molar-refractivity contribution in [2.24, 2.45) is 0 Å². The van der Waals surface area contributed by atoms with E-state index in [4.69, 9.17) is 21.1 Å². The first kappa shape index (κ1) is 20.5. The molecule has 0 aliphatic heterocycles. The summed E-state index contributed by atoms with van der Waals surface area (Å²) in [4.78, 5) is 12.6. The molecule has 152 valence electrons. The Kier molecular flexibility index (Phi) is 6.29. The Hall–Kier alpha value is -3.19. The van der Waals surface area contributed by atoms with E-state index in [0.29, 0.717) is 40.1 Å². The summed E-state index contributed by atoms with van der Waals surface area (Å²) in [5.74, 6) is 1.14. The minimum atomic E-state index is -0.403. The van der Waals surface area contributed by atoms with Crippen molar-refractivity contribution in [1.82, 2.24) is 9.78 Å². The van der Waals surface area contributed by atoms with Gasteiger partial charge in [0.15, 0.2) is 0 Å². The van der Waals surface area contributed by atoms with Crippen LogP contribution in [0.15, 0.2) is 42.5 Å². The number of nitrogens with zero attached hydrogens (tertiary/aromatic N) is 2. The highest BCUT2D eigenvalue weighted by Gasteiger charge is 2.16. The maximum Gasteiger partial charge on any atom is 0.323 e. The molecule has 0 fully saturated rings. The van der Waals surface area contributed by atoms with Crippen LogP contribution < -0.4 is 20.1 Å². The summed E-state index contributed by atoms with van der Waals surface area (Å²) < 4.78 is 12.3. The van der Waals surface area contributed by atoms with Crippen LogP contribution in [0.1, 0.15) is 17.0 Å². The van der Waals surface area contributed by atoms with Crippen LogP contribution in [0.25, 0.3) is 0 Å². The fourth-order valence-corrected chi connectivity index (χ4v) is 3.19. The van der Waals surface area contributed by atoms with E-state index >= 15 is 0 Å². The molecule has 3 rings (SSSR count). The number of amides is 2. The third-order valence-electron chi connectivity index (χ3n) is 4.55. The van der Waals surface area contributed by atoms with Gasteiger partial charge in [0.25, 0.3) is 0 Å². The second-order valence-corrected chi connectivity index (χ2v) is 6.85. The van der Waals surface area contributed by atoms with Crippen molar-refractivity contribution in [2.75, 3.05) is 24.9 Å². The SMILES string of the molecule is COc1ccc(OC)c(NC(=O)Nc2c(C)nn(Cc3ccccc3Cl)c2C)c1. The number of rotatable bonds is 6. The van der Waals surface area contributed by atoms with Gasteiger partial charge in [0.1, 0.15) is 11.5 Å². The summed E-state index contributed by atoms with van der Waals surface area (Å²) >= 11 is 6.26. The lowest BCUT2D eigenvalue weighted by Gasteiger charge is -2.13. The molecule has 0 spiro atoms. The number of urea groups is 1. The lowest BCUT2D eigenvalue weighted by atomic mass is 10.2. The van der Waals surface area contributed by atoms with Crippen LogP contribution in [-0.2, 0) is 6.54 Å². The van der Waals surface area contributed by atoms with Crippen molar-refractivity contribution in [3.63, 3.8) is 0 Å². The van der Waals surface area contributed by atoms with Crippen molar-refractivity contribution in [3.05, 3.63) is 64.4 Å². The zero-order valence-corrected chi connectivity index (χ0v) is 17.5. The molecule has 8 heteroatoms. The Bertz CT molecular complexity index is 1030. The Morgan fingerprint density at radius 3 is 2.55 bits per heavy atom. The van der Waals surface area contributed by atoms with Gasteiger partial charge >= 0.3 is 6.03 Å². The highest BCUT2D eigenvalue weighted by Crippen LogP contribution is 2.29.